The minimum atomic E-state index is -0.239. The number of rotatable bonds is 7. The minimum absolute atomic E-state index is 0.0109. The molecule has 0 radical (unpaired) electrons. The Morgan fingerprint density at radius 2 is 2.04 bits per heavy atom. The third kappa shape index (κ3) is 4.56. The second kappa shape index (κ2) is 9.13. The van der Waals surface area contributed by atoms with E-state index >= 15 is 0 Å². The van der Waals surface area contributed by atoms with Gasteiger partial charge in [-0.25, -0.2) is 4.39 Å². The van der Waals surface area contributed by atoms with Crippen molar-refractivity contribution in [3.63, 3.8) is 0 Å². The molecule has 0 saturated carbocycles. The molecule has 0 unspecified atom stereocenters. The van der Waals surface area contributed by atoms with Crippen LogP contribution in [0.4, 0.5) is 4.39 Å². The van der Waals surface area contributed by atoms with Crippen LogP contribution in [-0.4, -0.2) is 37.3 Å². The van der Waals surface area contributed by atoms with Gasteiger partial charge in [-0.3, -0.25) is 4.79 Å². The van der Waals surface area contributed by atoms with E-state index in [-0.39, 0.29) is 17.8 Å². The highest BCUT2D eigenvalue weighted by atomic mass is 32.2. The largest absolute Gasteiger partial charge is 0.497 e. The lowest BCUT2D eigenvalue weighted by Crippen LogP contribution is -2.31. The van der Waals surface area contributed by atoms with Crippen LogP contribution in [-0.2, 0) is 4.79 Å². The predicted octanol–water partition coefficient (Wildman–Crippen LogP) is 4.69. The second-order valence-corrected chi connectivity index (χ2v) is 7.52. The number of likely N-dealkylation sites (tertiary alicyclic amines) is 1. The average molecular weight is 389 g/mol. The van der Waals surface area contributed by atoms with E-state index < -0.39 is 0 Å². The first-order valence-corrected chi connectivity index (χ1v) is 10.0. The lowest BCUT2D eigenvalue weighted by Gasteiger charge is -2.26. The normalized spacial score (nSPS) is 16.4. The fourth-order valence-corrected chi connectivity index (χ4v) is 4.31. The first-order chi connectivity index (χ1) is 13.1. The van der Waals surface area contributed by atoms with Crippen molar-refractivity contribution in [2.45, 2.75) is 30.2 Å². The summed E-state index contributed by atoms with van der Waals surface area (Å²) in [7, 11) is 3.25. The molecule has 1 saturated heterocycles. The van der Waals surface area contributed by atoms with Crippen LogP contribution < -0.4 is 9.47 Å². The van der Waals surface area contributed by atoms with E-state index in [0.717, 1.165) is 36.4 Å². The van der Waals surface area contributed by atoms with Gasteiger partial charge in [0, 0.05) is 35.2 Å². The Morgan fingerprint density at radius 1 is 1.22 bits per heavy atom. The molecule has 6 heteroatoms. The van der Waals surface area contributed by atoms with Crippen LogP contribution >= 0.6 is 11.8 Å². The maximum absolute atomic E-state index is 13.7. The number of nitrogens with zero attached hydrogens (tertiary/aromatic N) is 1. The molecule has 0 aromatic heterocycles. The first-order valence-electron chi connectivity index (χ1n) is 9.02. The zero-order valence-corrected chi connectivity index (χ0v) is 16.4. The number of benzene rings is 2. The van der Waals surface area contributed by atoms with Crippen molar-refractivity contribution in [1.82, 2.24) is 4.90 Å². The summed E-state index contributed by atoms with van der Waals surface area (Å²) in [5.41, 5.74) is 1.01. The van der Waals surface area contributed by atoms with Crippen LogP contribution in [0.5, 0.6) is 11.5 Å². The Balaban J connectivity index is 1.65. The molecule has 1 fully saturated rings. The van der Waals surface area contributed by atoms with E-state index in [2.05, 4.69) is 0 Å². The molecule has 0 spiro atoms. The van der Waals surface area contributed by atoms with Gasteiger partial charge in [-0.05, 0) is 37.1 Å². The SMILES string of the molecule is COc1ccc([C@H]2CCCN2C(=O)CCSc2ccccc2F)c(OC)c1. The van der Waals surface area contributed by atoms with Crippen LogP contribution in [0.1, 0.15) is 30.9 Å². The van der Waals surface area contributed by atoms with Crippen molar-refractivity contribution < 1.29 is 18.7 Å². The summed E-state index contributed by atoms with van der Waals surface area (Å²) >= 11 is 1.38. The molecule has 0 bridgehead atoms. The number of carbonyl (C=O) groups excluding carboxylic acids is 1. The van der Waals surface area contributed by atoms with Crippen LogP contribution in [0, 0.1) is 5.82 Å². The molecule has 0 aliphatic carbocycles. The number of halogens is 1. The average Bonchev–Trinajstić information content (AvgIpc) is 3.18. The summed E-state index contributed by atoms with van der Waals surface area (Å²) in [6.07, 6.45) is 2.26. The fourth-order valence-electron chi connectivity index (χ4n) is 3.44. The quantitative estimate of drug-likeness (QED) is 0.644. The second-order valence-electron chi connectivity index (χ2n) is 6.38. The topological polar surface area (TPSA) is 38.8 Å². The van der Waals surface area contributed by atoms with Crippen LogP contribution in [0.25, 0.3) is 0 Å². The third-order valence-electron chi connectivity index (χ3n) is 4.78. The summed E-state index contributed by atoms with van der Waals surface area (Å²) in [6.45, 7) is 0.739. The molecule has 2 aromatic carbocycles. The number of thioether (sulfide) groups is 1. The molecule has 4 nitrogen and oxygen atoms in total. The van der Waals surface area contributed by atoms with E-state index in [9.17, 15) is 9.18 Å². The van der Waals surface area contributed by atoms with Gasteiger partial charge in [-0.1, -0.05) is 12.1 Å². The summed E-state index contributed by atoms with van der Waals surface area (Å²) in [5, 5.41) is 0. The number of methoxy groups -OCH3 is 2. The summed E-state index contributed by atoms with van der Waals surface area (Å²) in [4.78, 5) is 15.3. The molecule has 1 amide bonds. The monoisotopic (exact) mass is 389 g/mol. The van der Waals surface area contributed by atoms with Crippen LogP contribution in [0.15, 0.2) is 47.4 Å². The molecule has 3 rings (SSSR count). The fraction of sp³-hybridized carbons (Fsp3) is 0.381. The third-order valence-corrected chi connectivity index (χ3v) is 5.83. The standard InChI is InChI=1S/C21H24FNO3S/c1-25-15-9-10-16(19(14-15)26-2)18-7-5-12-23(18)21(24)11-13-27-20-8-4-3-6-17(20)22/h3-4,6,8-10,14,18H,5,7,11-13H2,1-2H3/t18-/m1/s1. The zero-order valence-electron chi connectivity index (χ0n) is 15.6. The highest BCUT2D eigenvalue weighted by Gasteiger charge is 2.31. The van der Waals surface area contributed by atoms with Crippen LogP contribution in [0.2, 0.25) is 0 Å². The number of amides is 1. The number of carbonyl (C=O) groups is 1. The molecule has 144 valence electrons. The highest BCUT2D eigenvalue weighted by Crippen LogP contribution is 2.39. The Bertz CT molecular complexity index is 799. The molecule has 1 atom stereocenters. The Labute approximate surface area is 163 Å². The molecule has 0 N–H and O–H groups in total. The van der Waals surface area contributed by atoms with Gasteiger partial charge in [-0.2, -0.15) is 0 Å². The van der Waals surface area contributed by atoms with Crippen molar-refractivity contribution in [2.24, 2.45) is 0 Å². The van der Waals surface area contributed by atoms with Gasteiger partial charge < -0.3 is 14.4 Å². The van der Waals surface area contributed by atoms with Gasteiger partial charge in [0.05, 0.1) is 20.3 Å². The highest BCUT2D eigenvalue weighted by molar-refractivity contribution is 7.99. The number of hydrogen-bond donors (Lipinski definition) is 0. The molecule has 1 heterocycles. The Kier molecular flexibility index (Phi) is 6.61. The molecule has 27 heavy (non-hydrogen) atoms. The van der Waals surface area contributed by atoms with Crippen molar-refractivity contribution in [3.05, 3.63) is 53.8 Å². The summed E-state index contributed by atoms with van der Waals surface area (Å²) in [6, 6.07) is 12.4. The van der Waals surface area contributed by atoms with E-state index in [0.29, 0.717) is 17.1 Å². The molecule has 2 aromatic rings. The zero-order chi connectivity index (χ0) is 19.2. The summed E-state index contributed by atoms with van der Waals surface area (Å²) in [5.74, 6) is 1.88. The molecule has 1 aliphatic rings. The van der Waals surface area contributed by atoms with E-state index in [4.69, 9.17) is 9.47 Å². The van der Waals surface area contributed by atoms with Crippen LogP contribution in [0.3, 0.4) is 0 Å². The maximum Gasteiger partial charge on any atom is 0.223 e. The Hall–Kier alpha value is -2.21. The van der Waals surface area contributed by atoms with Gasteiger partial charge in [0.25, 0.3) is 0 Å². The minimum Gasteiger partial charge on any atom is -0.497 e. The van der Waals surface area contributed by atoms with Crippen molar-refractivity contribution in [1.29, 1.82) is 0 Å². The number of hydrogen-bond acceptors (Lipinski definition) is 4. The predicted molar refractivity (Wildman–Crippen MR) is 105 cm³/mol. The first kappa shape index (κ1) is 19.5. The Morgan fingerprint density at radius 3 is 2.78 bits per heavy atom. The summed E-state index contributed by atoms with van der Waals surface area (Å²) < 4.78 is 24.5. The van der Waals surface area contributed by atoms with E-state index in [1.807, 2.05) is 23.1 Å². The van der Waals surface area contributed by atoms with Gasteiger partial charge in [-0.15, -0.1) is 11.8 Å². The smallest absolute Gasteiger partial charge is 0.223 e. The van der Waals surface area contributed by atoms with Crippen molar-refractivity contribution in [3.8, 4) is 11.5 Å². The van der Waals surface area contributed by atoms with Gasteiger partial charge in [0.15, 0.2) is 0 Å². The van der Waals surface area contributed by atoms with Crippen molar-refractivity contribution in [2.75, 3.05) is 26.5 Å². The van der Waals surface area contributed by atoms with Gasteiger partial charge >= 0.3 is 0 Å². The molecular formula is C21H24FNO3S. The molecule has 1 aliphatic heterocycles. The molecular weight excluding hydrogens is 365 g/mol. The van der Waals surface area contributed by atoms with Gasteiger partial charge in [0.1, 0.15) is 17.3 Å². The van der Waals surface area contributed by atoms with E-state index in [1.54, 1.807) is 32.4 Å². The van der Waals surface area contributed by atoms with Crippen molar-refractivity contribution >= 4 is 17.7 Å². The lowest BCUT2D eigenvalue weighted by atomic mass is 10.0. The number of ether oxygens (including phenoxy) is 2. The lowest BCUT2D eigenvalue weighted by molar-refractivity contribution is -0.131. The van der Waals surface area contributed by atoms with E-state index in [1.165, 1.54) is 17.8 Å². The van der Waals surface area contributed by atoms with Gasteiger partial charge in [0.2, 0.25) is 5.91 Å². The maximum atomic E-state index is 13.7.